The van der Waals surface area contributed by atoms with Crippen LogP contribution in [0.5, 0.6) is 11.5 Å². The standard InChI is InChI=1S/C19H21N3O4/c1-12(2)22-16-15(9-6-10-20-16)26-19(3,18(22)24)17(23)21-13-7-5-8-14(11-13)25-4/h5-12H,1-4H3,(H,21,23). The van der Waals surface area contributed by atoms with Crippen molar-refractivity contribution in [3.63, 3.8) is 0 Å². The highest BCUT2D eigenvalue weighted by Crippen LogP contribution is 2.37. The number of amides is 2. The Morgan fingerprint density at radius 1 is 1.31 bits per heavy atom. The van der Waals surface area contributed by atoms with E-state index in [1.54, 1.807) is 49.7 Å². The molecule has 1 aliphatic heterocycles. The van der Waals surface area contributed by atoms with Crippen molar-refractivity contribution < 1.29 is 19.1 Å². The zero-order valence-electron chi connectivity index (χ0n) is 15.1. The zero-order valence-corrected chi connectivity index (χ0v) is 15.1. The Hall–Kier alpha value is -3.09. The number of hydrogen-bond acceptors (Lipinski definition) is 5. The molecule has 2 amide bonds. The number of nitrogens with zero attached hydrogens (tertiary/aromatic N) is 2. The van der Waals surface area contributed by atoms with Crippen LogP contribution in [0, 0.1) is 0 Å². The first-order valence-corrected chi connectivity index (χ1v) is 8.30. The van der Waals surface area contributed by atoms with Crippen LogP contribution in [0.2, 0.25) is 0 Å². The monoisotopic (exact) mass is 355 g/mol. The van der Waals surface area contributed by atoms with Crippen molar-refractivity contribution in [1.82, 2.24) is 4.98 Å². The third-order valence-electron chi connectivity index (χ3n) is 4.20. The number of benzene rings is 1. The van der Waals surface area contributed by atoms with Gasteiger partial charge in [-0.3, -0.25) is 14.5 Å². The summed E-state index contributed by atoms with van der Waals surface area (Å²) in [5, 5.41) is 2.74. The van der Waals surface area contributed by atoms with Crippen molar-refractivity contribution in [2.24, 2.45) is 0 Å². The van der Waals surface area contributed by atoms with Crippen LogP contribution < -0.4 is 19.7 Å². The lowest BCUT2D eigenvalue weighted by atomic mass is 9.99. The summed E-state index contributed by atoms with van der Waals surface area (Å²) in [5.74, 6) is 0.389. The summed E-state index contributed by atoms with van der Waals surface area (Å²) in [6.45, 7) is 5.19. The minimum absolute atomic E-state index is 0.177. The molecule has 26 heavy (non-hydrogen) atoms. The Labute approximate surface area is 151 Å². The van der Waals surface area contributed by atoms with Crippen molar-refractivity contribution in [3.05, 3.63) is 42.6 Å². The second-order valence-corrected chi connectivity index (χ2v) is 6.42. The van der Waals surface area contributed by atoms with Crippen LogP contribution in [-0.4, -0.2) is 35.6 Å². The van der Waals surface area contributed by atoms with E-state index >= 15 is 0 Å². The number of anilines is 2. The van der Waals surface area contributed by atoms with Gasteiger partial charge in [-0.05, 0) is 45.0 Å². The summed E-state index contributed by atoms with van der Waals surface area (Å²) in [6, 6.07) is 10.1. The minimum atomic E-state index is -1.70. The maximum Gasteiger partial charge on any atom is 0.282 e. The lowest BCUT2D eigenvalue weighted by Crippen LogP contribution is -2.62. The fraction of sp³-hybridized carbons (Fsp3) is 0.316. The van der Waals surface area contributed by atoms with Gasteiger partial charge in [-0.15, -0.1) is 0 Å². The zero-order chi connectivity index (χ0) is 18.9. The molecular weight excluding hydrogens is 334 g/mol. The lowest BCUT2D eigenvalue weighted by molar-refractivity contribution is -0.145. The van der Waals surface area contributed by atoms with Crippen molar-refractivity contribution in [2.45, 2.75) is 32.4 Å². The van der Waals surface area contributed by atoms with Crippen LogP contribution in [0.4, 0.5) is 11.5 Å². The van der Waals surface area contributed by atoms with Crippen molar-refractivity contribution in [3.8, 4) is 11.5 Å². The SMILES string of the molecule is COc1cccc(NC(=O)C2(C)Oc3cccnc3N(C(C)C)C2=O)c1. The van der Waals surface area contributed by atoms with Crippen LogP contribution in [0.25, 0.3) is 0 Å². The molecule has 0 saturated heterocycles. The molecule has 2 aromatic rings. The minimum Gasteiger partial charge on any atom is -0.497 e. The molecule has 3 rings (SSSR count). The van der Waals surface area contributed by atoms with Crippen LogP contribution in [0.3, 0.4) is 0 Å². The van der Waals surface area contributed by atoms with E-state index < -0.39 is 17.4 Å². The first kappa shape index (κ1) is 17.7. The molecule has 1 aromatic heterocycles. The van der Waals surface area contributed by atoms with E-state index in [9.17, 15) is 9.59 Å². The highest BCUT2D eigenvalue weighted by atomic mass is 16.5. The van der Waals surface area contributed by atoms with Gasteiger partial charge in [0, 0.05) is 24.0 Å². The Morgan fingerprint density at radius 2 is 2.08 bits per heavy atom. The van der Waals surface area contributed by atoms with Gasteiger partial charge in [-0.2, -0.15) is 0 Å². The summed E-state index contributed by atoms with van der Waals surface area (Å²) in [7, 11) is 1.54. The number of carbonyl (C=O) groups excluding carboxylic acids is 2. The molecule has 2 heterocycles. The van der Waals surface area contributed by atoms with E-state index in [0.29, 0.717) is 23.0 Å². The third-order valence-corrected chi connectivity index (χ3v) is 4.20. The second-order valence-electron chi connectivity index (χ2n) is 6.42. The molecule has 0 saturated carbocycles. The molecule has 1 unspecified atom stereocenters. The molecule has 1 aliphatic rings. The van der Waals surface area contributed by atoms with Crippen molar-refractivity contribution in [1.29, 1.82) is 0 Å². The first-order valence-electron chi connectivity index (χ1n) is 8.30. The van der Waals surface area contributed by atoms with E-state index in [0.717, 1.165) is 0 Å². The Kier molecular flexibility index (Phi) is 4.54. The largest absolute Gasteiger partial charge is 0.497 e. The summed E-state index contributed by atoms with van der Waals surface area (Å²) in [6.07, 6.45) is 1.59. The quantitative estimate of drug-likeness (QED) is 0.853. The average molecular weight is 355 g/mol. The molecule has 136 valence electrons. The van der Waals surface area contributed by atoms with Crippen LogP contribution in [0.15, 0.2) is 42.6 Å². The fourth-order valence-electron chi connectivity index (χ4n) is 2.81. The summed E-state index contributed by atoms with van der Waals surface area (Å²) >= 11 is 0. The number of pyridine rings is 1. The van der Waals surface area contributed by atoms with Crippen LogP contribution >= 0.6 is 0 Å². The van der Waals surface area contributed by atoms with Gasteiger partial charge in [0.2, 0.25) is 0 Å². The van der Waals surface area contributed by atoms with Crippen LogP contribution in [0.1, 0.15) is 20.8 Å². The number of aromatic nitrogens is 1. The summed E-state index contributed by atoms with van der Waals surface area (Å²) in [5.41, 5.74) is -1.19. The van der Waals surface area contributed by atoms with E-state index in [1.807, 2.05) is 13.8 Å². The lowest BCUT2D eigenvalue weighted by Gasteiger charge is -2.40. The topological polar surface area (TPSA) is 80.8 Å². The molecule has 1 aromatic carbocycles. The Balaban J connectivity index is 1.95. The van der Waals surface area contributed by atoms with Gasteiger partial charge in [0.25, 0.3) is 17.4 Å². The van der Waals surface area contributed by atoms with Gasteiger partial charge in [0.1, 0.15) is 5.75 Å². The average Bonchev–Trinajstić information content (AvgIpc) is 2.62. The highest BCUT2D eigenvalue weighted by molar-refractivity contribution is 6.19. The van der Waals surface area contributed by atoms with E-state index in [1.165, 1.54) is 11.8 Å². The van der Waals surface area contributed by atoms with E-state index in [-0.39, 0.29) is 6.04 Å². The van der Waals surface area contributed by atoms with Gasteiger partial charge in [0.15, 0.2) is 11.6 Å². The first-order chi connectivity index (χ1) is 12.4. The second kappa shape index (κ2) is 6.67. The van der Waals surface area contributed by atoms with Crippen LogP contribution in [-0.2, 0) is 9.59 Å². The molecule has 0 fully saturated rings. The molecule has 0 bridgehead atoms. The molecular formula is C19H21N3O4. The predicted molar refractivity (Wildman–Crippen MR) is 97.5 cm³/mol. The van der Waals surface area contributed by atoms with Crippen molar-refractivity contribution >= 4 is 23.3 Å². The Bertz CT molecular complexity index is 852. The summed E-state index contributed by atoms with van der Waals surface area (Å²) < 4.78 is 11.0. The molecule has 7 nitrogen and oxygen atoms in total. The molecule has 1 N–H and O–H groups in total. The number of ether oxygens (including phenoxy) is 2. The van der Waals surface area contributed by atoms with E-state index in [2.05, 4.69) is 10.3 Å². The van der Waals surface area contributed by atoms with Gasteiger partial charge in [0.05, 0.1) is 7.11 Å². The Morgan fingerprint density at radius 3 is 2.77 bits per heavy atom. The smallest absolute Gasteiger partial charge is 0.282 e. The number of carbonyl (C=O) groups is 2. The molecule has 7 heteroatoms. The van der Waals surface area contributed by atoms with Gasteiger partial charge < -0.3 is 14.8 Å². The number of methoxy groups -OCH3 is 1. The predicted octanol–water partition coefficient (Wildman–Crippen LogP) is 2.62. The summed E-state index contributed by atoms with van der Waals surface area (Å²) in [4.78, 5) is 31.7. The molecule has 0 radical (unpaired) electrons. The maximum absolute atomic E-state index is 13.1. The molecule has 1 atom stereocenters. The number of rotatable bonds is 4. The molecule has 0 spiro atoms. The fourth-order valence-corrected chi connectivity index (χ4v) is 2.81. The maximum atomic E-state index is 13.1. The van der Waals surface area contributed by atoms with Gasteiger partial charge >= 0.3 is 0 Å². The number of nitrogens with one attached hydrogen (secondary N) is 1. The molecule has 0 aliphatic carbocycles. The van der Waals surface area contributed by atoms with Gasteiger partial charge in [-0.1, -0.05) is 6.07 Å². The van der Waals surface area contributed by atoms with Crippen molar-refractivity contribution in [2.75, 3.05) is 17.3 Å². The van der Waals surface area contributed by atoms with E-state index in [4.69, 9.17) is 9.47 Å². The third kappa shape index (κ3) is 2.96. The van der Waals surface area contributed by atoms with Gasteiger partial charge in [-0.25, -0.2) is 4.98 Å². The number of fused-ring (bicyclic) bond motifs is 1. The number of hydrogen-bond donors (Lipinski definition) is 1. The highest BCUT2D eigenvalue weighted by Gasteiger charge is 2.51. The normalized spacial score (nSPS) is 19.0.